The van der Waals surface area contributed by atoms with E-state index in [4.69, 9.17) is 0 Å². The van der Waals surface area contributed by atoms with E-state index in [2.05, 4.69) is 21.2 Å². The number of amides is 2. The average molecular weight is 553 g/mol. The van der Waals surface area contributed by atoms with Gasteiger partial charge in [-0.05, 0) is 68.1 Å². The minimum Gasteiger partial charge on any atom is -0.354 e. The van der Waals surface area contributed by atoms with E-state index in [1.54, 1.807) is 19.1 Å². The van der Waals surface area contributed by atoms with Gasteiger partial charge in [0.05, 0.1) is 11.9 Å². The Kier molecular flexibility index (Phi) is 10.1. The van der Waals surface area contributed by atoms with Crippen molar-refractivity contribution in [3.8, 4) is 0 Å². The lowest BCUT2D eigenvalue weighted by atomic mass is 10.1. The number of anilines is 1. The third kappa shape index (κ3) is 8.13. The lowest BCUT2D eigenvalue weighted by Crippen LogP contribution is -2.51. The van der Waals surface area contributed by atoms with E-state index in [9.17, 15) is 18.0 Å². The molecule has 0 aliphatic carbocycles. The minimum absolute atomic E-state index is 0.172. The molecule has 0 saturated carbocycles. The average Bonchev–Trinajstić information content (AvgIpc) is 2.73. The summed E-state index contributed by atoms with van der Waals surface area (Å²) in [5, 5.41) is 2.87. The van der Waals surface area contributed by atoms with Crippen molar-refractivity contribution >= 4 is 43.5 Å². The molecule has 0 bridgehead atoms. The van der Waals surface area contributed by atoms with Gasteiger partial charge >= 0.3 is 0 Å². The number of sulfonamides is 1. The summed E-state index contributed by atoms with van der Waals surface area (Å²) in [7, 11) is -3.75. The molecule has 0 radical (unpaired) electrons. The lowest BCUT2D eigenvalue weighted by molar-refractivity contribution is -0.139. The summed E-state index contributed by atoms with van der Waals surface area (Å²) in [5.41, 5.74) is 3.04. The van der Waals surface area contributed by atoms with Crippen molar-refractivity contribution in [3.05, 3.63) is 63.6 Å². The van der Waals surface area contributed by atoms with Gasteiger partial charge in [0, 0.05) is 17.6 Å². The maximum atomic E-state index is 13.5. The van der Waals surface area contributed by atoms with Gasteiger partial charge in [-0.3, -0.25) is 13.9 Å². The number of carbonyl (C=O) groups is 2. The number of nitrogens with zero attached hydrogens (tertiary/aromatic N) is 2. The highest BCUT2D eigenvalue weighted by Crippen LogP contribution is 2.22. The van der Waals surface area contributed by atoms with E-state index in [1.807, 2.05) is 51.1 Å². The van der Waals surface area contributed by atoms with Crippen molar-refractivity contribution in [2.24, 2.45) is 0 Å². The fourth-order valence-corrected chi connectivity index (χ4v) is 4.94. The first kappa shape index (κ1) is 27.9. The van der Waals surface area contributed by atoms with Crippen LogP contribution in [0.25, 0.3) is 0 Å². The molecule has 2 aromatic rings. The number of halogens is 1. The number of unbranched alkanes of at least 4 members (excludes halogenated alkanes) is 1. The molecule has 0 aliphatic heterocycles. The molecule has 1 N–H and O–H groups in total. The molecule has 0 aliphatic rings. The second kappa shape index (κ2) is 12.4. The predicted octanol–water partition coefficient (Wildman–Crippen LogP) is 4.17. The molecular formula is C25H34BrN3O4S. The second-order valence-electron chi connectivity index (χ2n) is 8.59. The molecule has 0 saturated heterocycles. The fourth-order valence-electron chi connectivity index (χ4n) is 3.66. The van der Waals surface area contributed by atoms with E-state index in [0.717, 1.165) is 44.6 Å². The van der Waals surface area contributed by atoms with Crippen molar-refractivity contribution in [2.45, 2.75) is 53.1 Å². The van der Waals surface area contributed by atoms with Crippen LogP contribution in [0.4, 0.5) is 5.69 Å². The molecule has 34 heavy (non-hydrogen) atoms. The second-order valence-corrected chi connectivity index (χ2v) is 11.4. The van der Waals surface area contributed by atoms with Gasteiger partial charge in [-0.2, -0.15) is 0 Å². The number of hydrogen-bond acceptors (Lipinski definition) is 4. The van der Waals surface area contributed by atoms with Gasteiger partial charge in [-0.1, -0.05) is 47.5 Å². The van der Waals surface area contributed by atoms with Crippen molar-refractivity contribution in [3.63, 3.8) is 0 Å². The summed E-state index contributed by atoms with van der Waals surface area (Å²) in [6.45, 7) is 7.75. The minimum atomic E-state index is -3.75. The zero-order chi connectivity index (χ0) is 25.5. The van der Waals surface area contributed by atoms with Crippen LogP contribution in [0, 0.1) is 13.8 Å². The molecule has 186 valence electrons. The van der Waals surface area contributed by atoms with Gasteiger partial charge in [-0.25, -0.2) is 8.42 Å². The standard InChI is InChI=1S/C25H34BrN3O4S/c1-6-7-11-27-25(31)20(4)28(16-21-9-8-10-22(26)15-21)24(30)17-29(34(5,32)33)23-13-18(2)12-19(3)14-23/h8-10,12-15,20H,6-7,11,16-17H2,1-5H3,(H,27,31). The summed E-state index contributed by atoms with van der Waals surface area (Å²) in [6.07, 6.45) is 2.86. The molecule has 0 aromatic heterocycles. The summed E-state index contributed by atoms with van der Waals surface area (Å²) in [5.74, 6) is -0.725. The third-order valence-electron chi connectivity index (χ3n) is 5.41. The van der Waals surface area contributed by atoms with Crippen LogP contribution in [0.15, 0.2) is 46.9 Å². The monoisotopic (exact) mass is 551 g/mol. The maximum absolute atomic E-state index is 13.5. The predicted molar refractivity (Wildman–Crippen MR) is 140 cm³/mol. The zero-order valence-electron chi connectivity index (χ0n) is 20.5. The highest BCUT2D eigenvalue weighted by atomic mass is 79.9. The number of benzene rings is 2. The zero-order valence-corrected chi connectivity index (χ0v) is 22.9. The number of aryl methyl sites for hydroxylation is 2. The Morgan fingerprint density at radius 2 is 1.74 bits per heavy atom. The largest absolute Gasteiger partial charge is 0.354 e. The molecule has 0 spiro atoms. The van der Waals surface area contributed by atoms with E-state index in [1.165, 1.54) is 4.90 Å². The molecular weight excluding hydrogens is 518 g/mol. The molecule has 1 unspecified atom stereocenters. The normalized spacial score (nSPS) is 12.2. The van der Waals surface area contributed by atoms with Crippen LogP contribution < -0.4 is 9.62 Å². The molecule has 1 atom stereocenters. The molecule has 0 heterocycles. The number of nitrogens with one attached hydrogen (secondary N) is 1. The van der Waals surface area contributed by atoms with Crippen LogP contribution in [0.5, 0.6) is 0 Å². The number of carbonyl (C=O) groups excluding carboxylic acids is 2. The molecule has 7 nitrogen and oxygen atoms in total. The van der Waals surface area contributed by atoms with E-state index in [0.29, 0.717) is 12.2 Å². The van der Waals surface area contributed by atoms with Gasteiger partial charge in [0.1, 0.15) is 12.6 Å². The molecule has 2 rings (SSSR count). The fraction of sp³-hybridized carbons (Fsp3) is 0.440. The first-order chi connectivity index (χ1) is 15.9. The quantitative estimate of drug-likeness (QED) is 0.424. The number of hydrogen-bond donors (Lipinski definition) is 1. The van der Waals surface area contributed by atoms with Crippen LogP contribution in [0.1, 0.15) is 43.4 Å². The van der Waals surface area contributed by atoms with Crippen molar-refractivity contribution in [2.75, 3.05) is 23.7 Å². The first-order valence-electron chi connectivity index (χ1n) is 11.3. The Morgan fingerprint density at radius 3 is 2.29 bits per heavy atom. The van der Waals surface area contributed by atoms with E-state index in [-0.39, 0.29) is 12.5 Å². The SMILES string of the molecule is CCCCNC(=O)C(C)N(Cc1cccc(Br)c1)C(=O)CN(c1cc(C)cc(C)c1)S(C)(=O)=O. The Hall–Kier alpha value is -2.39. The summed E-state index contributed by atoms with van der Waals surface area (Å²) < 4.78 is 27.3. The van der Waals surface area contributed by atoms with Gasteiger partial charge in [0.15, 0.2) is 0 Å². The first-order valence-corrected chi connectivity index (χ1v) is 13.9. The Bertz CT molecular complexity index is 1100. The Morgan fingerprint density at radius 1 is 1.09 bits per heavy atom. The van der Waals surface area contributed by atoms with Gasteiger partial charge in [0.2, 0.25) is 21.8 Å². The molecule has 2 aromatic carbocycles. The lowest BCUT2D eigenvalue weighted by Gasteiger charge is -2.31. The summed E-state index contributed by atoms with van der Waals surface area (Å²) >= 11 is 3.44. The van der Waals surface area contributed by atoms with Crippen molar-refractivity contribution in [1.29, 1.82) is 0 Å². The van der Waals surface area contributed by atoms with Gasteiger partial charge in [0.25, 0.3) is 0 Å². The van der Waals surface area contributed by atoms with E-state index < -0.39 is 28.5 Å². The summed E-state index contributed by atoms with van der Waals surface area (Å²) in [4.78, 5) is 27.8. The van der Waals surface area contributed by atoms with Gasteiger partial charge < -0.3 is 10.2 Å². The van der Waals surface area contributed by atoms with Crippen LogP contribution >= 0.6 is 15.9 Å². The molecule has 0 fully saturated rings. The van der Waals surface area contributed by atoms with Crippen molar-refractivity contribution in [1.82, 2.24) is 10.2 Å². The highest BCUT2D eigenvalue weighted by molar-refractivity contribution is 9.10. The maximum Gasteiger partial charge on any atom is 0.244 e. The highest BCUT2D eigenvalue weighted by Gasteiger charge is 2.30. The van der Waals surface area contributed by atoms with Crippen LogP contribution in [0.3, 0.4) is 0 Å². The molecule has 9 heteroatoms. The van der Waals surface area contributed by atoms with Crippen LogP contribution in [-0.4, -0.2) is 50.5 Å². The van der Waals surface area contributed by atoms with E-state index >= 15 is 0 Å². The van der Waals surface area contributed by atoms with Gasteiger partial charge in [-0.15, -0.1) is 0 Å². The molecule has 2 amide bonds. The Labute approximate surface area is 211 Å². The smallest absolute Gasteiger partial charge is 0.244 e. The third-order valence-corrected chi connectivity index (χ3v) is 7.05. The van der Waals surface area contributed by atoms with Crippen molar-refractivity contribution < 1.29 is 18.0 Å². The van der Waals surface area contributed by atoms with Crippen LogP contribution in [0.2, 0.25) is 0 Å². The topological polar surface area (TPSA) is 86.8 Å². The summed E-state index contributed by atoms with van der Waals surface area (Å²) in [6, 6.07) is 12.1. The number of rotatable bonds is 11. The Balaban J connectivity index is 2.38. The van der Waals surface area contributed by atoms with Crippen LogP contribution in [-0.2, 0) is 26.2 Å².